The lowest BCUT2D eigenvalue weighted by Gasteiger charge is -2.06. The second kappa shape index (κ2) is 15.3. The van der Waals surface area contributed by atoms with Gasteiger partial charge in [0, 0.05) is 43.4 Å². The monoisotopic (exact) mass is 722 g/mol. The topological polar surface area (TPSA) is 110 Å². The van der Waals surface area contributed by atoms with Crippen LogP contribution in [0.3, 0.4) is 0 Å². The van der Waals surface area contributed by atoms with E-state index in [4.69, 9.17) is 56.6 Å². The summed E-state index contributed by atoms with van der Waals surface area (Å²) in [6.07, 6.45) is 3.05. The quantitative estimate of drug-likeness (QED) is 0.144. The molecule has 2 N–H and O–H groups in total. The van der Waals surface area contributed by atoms with Crippen molar-refractivity contribution >= 4 is 86.2 Å². The number of benzene rings is 4. The number of rotatable bonds is 9. The van der Waals surface area contributed by atoms with E-state index in [1.165, 1.54) is 6.08 Å². The van der Waals surface area contributed by atoms with Crippen LogP contribution in [0.2, 0.25) is 20.1 Å². The first kappa shape index (κ1) is 35.0. The fraction of sp³-hybridized carbons (Fsp3) is 0.167. The number of carboxylic acids is 2. The van der Waals surface area contributed by atoms with Gasteiger partial charge in [0.1, 0.15) is 0 Å². The van der Waals surface area contributed by atoms with Crippen LogP contribution < -0.4 is 0 Å². The summed E-state index contributed by atoms with van der Waals surface area (Å²) in [5.41, 5.74) is 7.40. The summed E-state index contributed by atoms with van der Waals surface area (Å²) in [5, 5.41) is 31.1. The van der Waals surface area contributed by atoms with Gasteiger partial charge in [-0.05, 0) is 90.7 Å². The van der Waals surface area contributed by atoms with E-state index in [-0.39, 0.29) is 6.42 Å². The Morgan fingerprint density at radius 2 is 1.17 bits per heavy atom. The Morgan fingerprint density at radius 3 is 1.67 bits per heavy atom. The van der Waals surface area contributed by atoms with E-state index >= 15 is 0 Å². The van der Waals surface area contributed by atoms with E-state index in [1.807, 2.05) is 77.8 Å². The number of nitrogens with zero attached hydrogens (tertiary/aromatic N) is 4. The largest absolute Gasteiger partial charge is 0.481 e. The summed E-state index contributed by atoms with van der Waals surface area (Å²) in [4.78, 5) is 21.7. The predicted molar refractivity (Wildman–Crippen MR) is 193 cm³/mol. The lowest BCUT2D eigenvalue weighted by Crippen LogP contribution is -2.03. The van der Waals surface area contributed by atoms with E-state index in [1.54, 1.807) is 12.1 Å². The molecule has 0 spiro atoms. The molecule has 0 aliphatic carbocycles. The number of aryl methyl sites for hydroxylation is 3. The Hall–Kier alpha value is -4.34. The fourth-order valence-corrected chi connectivity index (χ4v) is 6.48. The van der Waals surface area contributed by atoms with Crippen LogP contribution in [0.1, 0.15) is 40.1 Å². The molecule has 0 unspecified atom stereocenters. The molecule has 8 nitrogen and oxygen atoms in total. The number of carbonyl (C=O) groups is 2. The molecule has 4 aromatic carbocycles. The molecule has 6 rings (SSSR count). The van der Waals surface area contributed by atoms with Crippen LogP contribution in [0.4, 0.5) is 0 Å². The standard InChI is InChI=1S/C18H16Cl2N2O2.C18H14Cl2N2O2/c2*1-11-2-3-15-16(4-5-18(23)24)21-22(17(15)6-11)10-12-7-13(19)9-14(20)8-12/h2-3,6-9H,4-5,10H2,1H3,(H,23,24);2-9H,10H2,1H3,(H,23,24)/b;5-4+. The van der Waals surface area contributed by atoms with E-state index in [0.717, 1.165) is 55.8 Å². The van der Waals surface area contributed by atoms with E-state index in [2.05, 4.69) is 16.3 Å². The van der Waals surface area contributed by atoms with E-state index in [0.29, 0.717) is 45.3 Å². The Kier molecular flexibility index (Phi) is 11.1. The molecule has 0 saturated carbocycles. The van der Waals surface area contributed by atoms with Crippen molar-refractivity contribution in [2.75, 3.05) is 0 Å². The number of hydrogen-bond acceptors (Lipinski definition) is 4. The van der Waals surface area contributed by atoms with Gasteiger partial charge in [0.05, 0.1) is 41.9 Å². The Morgan fingerprint density at radius 1 is 0.688 bits per heavy atom. The number of aliphatic carboxylic acids is 2. The first-order chi connectivity index (χ1) is 22.8. The Labute approximate surface area is 296 Å². The molecular weight excluding hydrogens is 694 g/mol. The van der Waals surface area contributed by atoms with Gasteiger partial charge in [0.15, 0.2) is 0 Å². The Balaban J connectivity index is 0.000000188. The average Bonchev–Trinajstić information content (AvgIpc) is 3.50. The van der Waals surface area contributed by atoms with Crippen molar-refractivity contribution < 1.29 is 19.8 Å². The number of hydrogen-bond donors (Lipinski definition) is 2. The van der Waals surface area contributed by atoms with E-state index < -0.39 is 11.9 Å². The molecule has 48 heavy (non-hydrogen) atoms. The predicted octanol–water partition coefficient (Wildman–Crippen LogP) is 9.51. The first-order valence-corrected chi connectivity index (χ1v) is 16.3. The van der Waals surface area contributed by atoms with Gasteiger partial charge in [-0.1, -0.05) is 70.7 Å². The van der Waals surface area contributed by atoms with Crippen LogP contribution >= 0.6 is 46.4 Å². The van der Waals surface area contributed by atoms with Gasteiger partial charge < -0.3 is 10.2 Å². The zero-order chi connectivity index (χ0) is 34.5. The van der Waals surface area contributed by atoms with Gasteiger partial charge in [0.25, 0.3) is 0 Å². The van der Waals surface area contributed by atoms with Crippen LogP contribution in [-0.2, 0) is 29.1 Å². The molecule has 2 heterocycles. The molecule has 0 bridgehead atoms. The van der Waals surface area contributed by atoms with Crippen LogP contribution in [0.5, 0.6) is 0 Å². The molecule has 2 aromatic heterocycles. The van der Waals surface area contributed by atoms with Crippen molar-refractivity contribution in [2.24, 2.45) is 0 Å². The highest BCUT2D eigenvalue weighted by molar-refractivity contribution is 6.35. The maximum absolute atomic E-state index is 10.9. The highest BCUT2D eigenvalue weighted by atomic mass is 35.5. The van der Waals surface area contributed by atoms with Gasteiger partial charge in [-0.2, -0.15) is 10.2 Å². The number of carboxylic acid groups (broad SMARTS) is 2. The Bertz CT molecular complexity index is 2150. The third-order valence-electron chi connectivity index (χ3n) is 7.39. The summed E-state index contributed by atoms with van der Waals surface area (Å²) >= 11 is 24.3. The number of fused-ring (bicyclic) bond motifs is 2. The molecule has 0 aliphatic rings. The number of halogens is 4. The lowest BCUT2D eigenvalue weighted by molar-refractivity contribution is -0.137. The van der Waals surface area contributed by atoms with Gasteiger partial charge in [0.2, 0.25) is 0 Å². The SMILES string of the molecule is Cc1ccc2c(/C=C/C(=O)O)nn(Cc3cc(Cl)cc(Cl)c3)c2c1.Cc1ccc2c(CCC(=O)O)nn(Cc3cc(Cl)cc(Cl)c3)c2c1. The van der Waals surface area contributed by atoms with Gasteiger partial charge in [-0.3, -0.25) is 14.2 Å². The van der Waals surface area contributed by atoms with Gasteiger partial charge in [-0.25, -0.2) is 4.79 Å². The molecule has 0 fully saturated rings. The van der Waals surface area contributed by atoms with Crippen molar-refractivity contribution in [3.05, 3.63) is 133 Å². The van der Waals surface area contributed by atoms with Crippen molar-refractivity contribution in [3.8, 4) is 0 Å². The summed E-state index contributed by atoms with van der Waals surface area (Å²) in [5.74, 6) is -1.84. The zero-order valence-corrected chi connectivity index (χ0v) is 28.9. The second-order valence-corrected chi connectivity index (χ2v) is 13.1. The van der Waals surface area contributed by atoms with E-state index in [9.17, 15) is 9.59 Å². The van der Waals surface area contributed by atoms with Gasteiger partial charge in [-0.15, -0.1) is 0 Å². The summed E-state index contributed by atoms with van der Waals surface area (Å²) < 4.78 is 3.70. The van der Waals surface area contributed by atoms with Crippen molar-refractivity contribution in [1.29, 1.82) is 0 Å². The second-order valence-electron chi connectivity index (χ2n) is 11.3. The van der Waals surface area contributed by atoms with Crippen LogP contribution in [-0.4, -0.2) is 41.7 Å². The minimum Gasteiger partial charge on any atom is -0.481 e. The highest BCUT2D eigenvalue weighted by Crippen LogP contribution is 2.26. The molecule has 12 heteroatoms. The van der Waals surface area contributed by atoms with Crippen molar-refractivity contribution in [1.82, 2.24) is 19.6 Å². The smallest absolute Gasteiger partial charge is 0.328 e. The van der Waals surface area contributed by atoms with Crippen molar-refractivity contribution in [3.63, 3.8) is 0 Å². The third-order valence-corrected chi connectivity index (χ3v) is 8.26. The van der Waals surface area contributed by atoms with Crippen LogP contribution in [0, 0.1) is 13.8 Å². The third kappa shape index (κ3) is 8.96. The maximum atomic E-state index is 10.9. The summed E-state index contributed by atoms with van der Waals surface area (Å²) in [6, 6.07) is 22.8. The molecule has 0 amide bonds. The van der Waals surface area contributed by atoms with Gasteiger partial charge >= 0.3 is 11.9 Å². The average molecular weight is 724 g/mol. The first-order valence-electron chi connectivity index (χ1n) is 14.8. The normalized spacial score (nSPS) is 11.3. The summed E-state index contributed by atoms with van der Waals surface area (Å²) in [6.45, 7) is 5.03. The van der Waals surface area contributed by atoms with Crippen LogP contribution in [0.25, 0.3) is 27.9 Å². The highest BCUT2D eigenvalue weighted by Gasteiger charge is 2.14. The van der Waals surface area contributed by atoms with Crippen molar-refractivity contribution in [2.45, 2.75) is 39.8 Å². The number of aromatic nitrogens is 4. The maximum Gasteiger partial charge on any atom is 0.328 e. The molecule has 0 aliphatic heterocycles. The summed E-state index contributed by atoms with van der Waals surface area (Å²) in [7, 11) is 0. The van der Waals surface area contributed by atoms with Crippen LogP contribution in [0.15, 0.2) is 78.9 Å². The molecule has 0 atom stereocenters. The molecule has 246 valence electrons. The lowest BCUT2D eigenvalue weighted by atomic mass is 10.1. The minimum absolute atomic E-state index is 0.0585. The molecular formula is C36H30Cl4N4O4. The zero-order valence-electron chi connectivity index (χ0n) is 25.9. The molecule has 0 saturated heterocycles. The molecule has 0 radical (unpaired) electrons. The fourth-order valence-electron chi connectivity index (χ4n) is 5.34. The minimum atomic E-state index is -1.01. The molecule has 6 aromatic rings.